The zero-order valence-corrected chi connectivity index (χ0v) is 14.4. The maximum absolute atomic E-state index is 12.1. The number of hydrogen-bond donors (Lipinski definition) is 1. The van der Waals surface area contributed by atoms with E-state index in [1.807, 2.05) is 6.92 Å². The number of ether oxygens (including phenoxy) is 1. The van der Waals surface area contributed by atoms with E-state index in [1.165, 1.54) is 4.90 Å². The van der Waals surface area contributed by atoms with Crippen LogP contribution >= 0.6 is 0 Å². The second kappa shape index (κ2) is 8.03. The quantitative estimate of drug-likeness (QED) is 0.787. The summed E-state index contributed by atoms with van der Waals surface area (Å²) < 4.78 is 6.33. The first-order valence-electron chi connectivity index (χ1n) is 7.94. The Bertz CT molecular complexity index is 490. The van der Waals surface area contributed by atoms with Crippen molar-refractivity contribution in [2.45, 2.75) is 27.7 Å². The molecule has 0 heterocycles. The topological polar surface area (TPSA) is 49.8 Å². The monoisotopic (exact) mass is 309 g/mol. The van der Waals surface area contributed by atoms with Crippen LogP contribution in [-0.2, 0) is 4.74 Å². The highest BCUT2D eigenvalue weighted by atomic mass is 16.6. The molecule has 1 aromatic carbocycles. The molecule has 5 nitrogen and oxygen atoms in total. The van der Waals surface area contributed by atoms with Gasteiger partial charge in [-0.3, -0.25) is 4.90 Å². The molecule has 0 fully saturated rings. The highest BCUT2D eigenvalue weighted by molar-refractivity contribution is 5.87. The minimum atomic E-state index is -0.398. The van der Waals surface area contributed by atoms with Gasteiger partial charge in [-0.25, -0.2) is 4.79 Å². The van der Waals surface area contributed by atoms with Crippen molar-refractivity contribution in [1.82, 2.24) is 0 Å². The maximum Gasteiger partial charge on any atom is 0.414 e. The number of phenols is 1. The van der Waals surface area contributed by atoms with E-state index in [4.69, 9.17) is 4.74 Å². The second-order valence-corrected chi connectivity index (χ2v) is 5.66. The van der Waals surface area contributed by atoms with Crippen LogP contribution in [0.4, 0.5) is 10.5 Å². The van der Waals surface area contributed by atoms with Crippen molar-refractivity contribution in [3.05, 3.63) is 23.8 Å². The van der Waals surface area contributed by atoms with Crippen LogP contribution in [0.15, 0.2) is 18.2 Å². The molecule has 0 aliphatic rings. The van der Waals surface area contributed by atoms with Gasteiger partial charge in [0.25, 0.3) is 0 Å². The zero-order valence-electron chi connectivity index (χ0n) is 14.4. The standard InChI is InChI=1S/C17H28N2O3/c1-6-19(7-2,8-3)11-12-22-17(21)18(5)15-10-9-14(4)16(20)13-15/h9-10,13H,6-8,11-12H2,1-5H3/p+1. The van der Waals surface area contributed by atoms with Crippen LogP contribution in [0.5, 0.6) is 5.75 Å². The fraction of sp³-hybridized carbons (Fsp3) is 0.588. The number of benzene rings is 1. The van der Waals surface area contributed by atoms with Gasteiger partial charge in [-0.1, -0.05) is 6.07 Å². The van der Waals surface area contributed by atoms with Crippen LogP contribution in [0.25, 0.3) is 0 Å². The van der Waals surface area contributed by atoms with Crippen LogP contribution < -0.4 is 4.90 Å². The van der Waals surface area contributed by atoms with Gasteiger partial charge in [-0.05, 0) is 39.3 Å². The molecule has 22 heavy (non-hydrogen) atoms. The second-order valence-electron chi connectivity index (χ2n) is 5.66. The van der Waals surface area contributed by atoms with Crippen LogP contribution in [0.2, 0.25) is 0 Å². The number of nitrogens with zero attached hydrogens (tertiary/aromatic N) is 2. The predicted molar refractivity (Wildman–Crippen MR) is 89.3 cm³/mol. The summed E-state index contributed by atoms with van der Waals surface area (Å²) in [4.78, 5) is 13.5. The molecule has 0 bridgehead atoms. The van der Waals surface area contributed by atoms with Crippen LogP contribution in [-0.4, -0.2) is 55.5 Å². The number of carbonyl (C=O) groups excluding carboxylic acids is 1. The average molecular weight is 309 g/mol. The minimum absolute atomic E-state index is 0.177. The summed E-state index contributed by atoms with van der Waals surface area (Å²) in [6, 6.07) is 5.14. The molecule has 0 radical (unpaired) electrons. The van der Waals surface area contributed by atoms with Crippen molar-refractivity contribution in [2.24, 2.45) is 0 Å². The Morgan fingerprint density at radius 1 is 1.23 bits per heavy atom. The molecule has 1 rings (SSSR count). The van der Waals surface area contributed by atoms with Crippen molar-refractivity contribution in [1.29, 1.82) is 0 Å². The third-order valence-electron chi connectivity index (χ3n) is 4.66. The lowest BCUT2D eigenvalue weighted by molar-refractivity contribution is -0.923. The predicted octanol–water partition coefficient (Wildman–Crippen LogP) is 3.15. The Labute approximate surface area is 133 Å². The number of aromatic hydroxyl groups is 1. The first-order valence-corrected chi connectivity index (χ1v) is 7.94. The first kappa shape index (κ1) is 18.3. The molecule has 0 unspecified atom stereocenters. The lowest BCUT2D eigenvalue weighted by atomic mass is 10.2. The maximum atomic E-state index is 12.1. The summed E-state index contributed by atoms with van der Waals surface area (Å²) in [5, 5.41) is 9.73. The minimum Gasteiger partial charge on any atom is -0.508 e. The van der Waals surface area contributed by atoms with E-state index < -0.39 is 6.09 Å². The van der Waals surface area contributed by atoms with E-state index >= 15 is 0 Å². The van der Waals surface area contributed by atoms with Crippen LogP contribution in [0.1, 0.15) is 26.3 Å². The number of anilines is 1. The van der Waals surface area contributed by atoms with Crippen molar-refractivity contribution in [2.75, 3.05) is 44.7 Å². The molecule has 0 saturated carbocycles. The Morgan fingerprint density at radius 2 is 1.82 bits per heavy atom. The normalized spacial score (nSPS) is 11.3. The van der Waals surface area contributed by atoms with Gasteiger partial charge < -0.3 is 14.3 Å². The number of aryl methyl sites for hydroxylation is 1. The molecule has 1 amide bonds. The van der Waals surface area contributed by atoms with Gasteiger partial charge in [0, 0.05) is 13.1 Å². The number of phenolic OH excluding ortho intramolecular Hbond substituents is 1. The van der Waals surface area contributed by atoms with Crippen LogP contribution in [0.3, 0.4) is 0 Å². The molecule has 0 aliphatic heterocycles. The van der Waals surface area contributed by atoms with E-state index in [2.05, 4.69) is 20.8 Å². The van der Waals surface area contributed by atoms with Crippen molar-refractivity contribution < 1.29 is 19.1 Å². The van der Waals surface area contributed by atoms with Gasteiger partial charge in [0.2, 0.25) is 0 Å². The smallest absolute Gasteiger partial charge is 0.414 e. The van der Waals surface area contributed by atoms with E-state index in [0.717, 1.165) is 36.2 Å². The third-order valence-corrected chi connectivity index (χ3v) is 4.66. The van der Waals surface area contributed by atoms with E-state index in [-0.39, 0.29) is 5.75 Å². The van der Waals surface area contributed by atoms with Gasteiger partial charge in [0.1, 0.15) is 18.9 Å². The Kier molecular flexibility index (Phi) is 6.68. The number of rotatable bonds is 7. The summed E-state index contributed by atoms with van der Waals surface area (Å²) in [6.07, 6.45) is -0.398. The highest BCUT2D eigenvalue weighted by Gasteiger charge is 2.22. The molecule has 0 atom stereocenters. The molecule has 0 aliphatic carbocycles. The molecule has 5 heteroatoms. The van der Waals surface area contributed by atoms with Crippen molar-refractivity contribution in [3.8, 4) is 5.75 Å². The fourth-order valence-electron chi connectivity index (χ4n) is 2.48. The number of hydrogen-bond acceptors (Lipinski definition) is 3. The van der Waals surface area contributed by atoms with Crippen molar-refractivity contribution in [3.63, 3.8) is 0 Å². The van der Waals surface area contributed by atoms with Crippen LogP contribution in [0, 0.1) is 6.92 Å². The third kappa shape index (κ3) is 4.37. The number of amides is 1. The lowest BCUT2D eigenvalue weighted by Crippen LogP contribution is -2.50. The zero-order chi connectivity index (χ0) is 16.8. The van der Waals surface area contributed by atoms with Crippen molar-refractivity contribution >= 4 is 11.8 Å². The lowest BCUT2D eigenvalue weighted by Gasteiger charge is -2.35. The number of likely N-dealkylation sites (N-methyl/N-ethyl adjacent to an activating group) is 1. The fourth-order valence-corrected chi connectivity index (χ4v) is 2.48. The Hall–Kier alpha value is -1.75. The molecule has 0 aromatic heterocycles. The highest BCUT2D eigenvalue weighted by Crippen LogP contribution is 2.23. The van der Waals surface area contributed by atoms with E-state index in [1.54, 1.807) is 25.2 Å². The SMILES string of the molecule is CC[N+](CC)(CC)CCOC(=O)N(C)c1ccc(C)c(O)c1. The van der Waals surface area contributed by atoms with Gasteiger partial charge in [0.15, 0.2) is 0 Å². The largest absolute Gasteiger partial charge is 0.508 e. The molecule has 1 aromatic rings. The number of carbonyl (C=O) groups is 1. The summed E-state index contributed by atoms with van der Waals surface area (Å²) >= 11 is 0. The van der Waals surface area contributed by atoms with Gasteiger partial charge >= 0.3 is 6.09 Å². The summed E-state index contributed by atoms with van der Waals surface area (Å²) in [5.41, 5.74) is 1.40. The molecular weight excluding hydrogens is 280 g/mol. The summed E-state index contributed by atoms with van der Waals surface area (Å²) in [7, 11) is 1.65. The summed E-state index contributed by atoms with van der Waals surface area (Å²) in [6.45, 7) is 12.6. The first-order chi connectivity index (χ1) is 10.4. The molecular formula is C17H29N2O3+. The molecule has 124 valence electrons. The Morgan fingerprint density at radius 3 is 2.32 bits per heavy atom. The molecule has 0 spiro atoms. The Balaban J connectivity index is 2.59. The van der Waals surface area contributed by atoms with Gasteiger partial charge in [-0.15, -0.1) is 0 Å². The molecule has 1 N–H and O–H groups in total. The molecule has 0 saturated heterocycles. The van der Waals surface area contributed by atoms with Gasteiger partial charge in [0.05, 0.1) is 25.3 Å². The van der Waals surface area contributed by atoms with Gasteiger partial charge in [-0.2, -0.15) is 0 Å². The van der Waals surface area contributed by atoms with E-state index in [9.17, 15) is 9.90 Å². The number of quaternary nitrogens is 1. The summed E-state index contributed by atoms with van der Waals surface area (Å²) in [5.74, 6) is 0.177. The van der Waals surface area contributed by atoms with E-state index in [0.29, 0.717) is 12.3 Å². The average Bonchev–Trinajstić information content (AvgIpc) is 2.53.